The largest absolute Gasteiger partial charge is 0.465 e. The van der Waals surface area contributed by atoms with Gasteiger partial charge in [-0.15, -0.1) is 0 Å². The highest BCUT2D eigenvalue weighted by molar-refractivity contribution is 7.86. The molecule has 1 heterocycles. The Balaban J connectivity index is 0.000000278. The molecule has 0 saturated carbocycles. The number of fused-ring (bicyclic) bond motifs is 1. The number of imidazole rings is 1. The molecular formula is C27H39N3O5S. The van der Waals surface area contributed by atoms with Gasteiger partial charge in [-0.25, -0.2) is 9.78 Å². The van der Waals surface area contributed by atoms with E-state index in [0.717, 1.165) is 23.9 Å². The van der Waals surface area contributed by atoms with Crippen LogP contribution in [0.25, 0.3) is 11.0 Å². The number of amides is 1. The average molecular weight is 518 g/mol. The van der Waals surface area contributed by atoms with E-state index in [-0.39, 0.29) is 18.0 Å². The van der Waals surface area contributed by atoms with E-state index in [4.69, 9.17) is 9.29 Å². The van der Waals surface area contributed by atoms with Crippen molar-refractivity contribution in [1.82, 2.24) is 15.3 Å². The molecule has 3 aromatic rings. The van der Waals surface area contributed by atoms with Crippen LogP contribution in [0.3, 0.4) is 0 Å². The number of carboxylic acid groups (broad SMARTS) is 1. The standard InChI is InChI=1S/C18H30O3S.C9H9N3O2/c1-2-3-4-5-6-7-8-9-10-14-17-21-22(19,20)18-15-12-11-13-16-18;13-9(14)10-5-8-11-6-3-1-2-4-7(6)12-8/h11-13,15-16H,2-10,14,17H2,1H3;1-4,10H,5H2,(H,11,12)(H,13,14). The number of aromatic nitrogens is 2. The van der Waals surface area contributed by atoms with Crippen molar-refractivity contribution >= 4 is 27.2 Å². The van der Waals surface area contributed by atoms with Gasteiger partial charge in [0.1, 0.15) is 5.82 Å². The molecule has 2 aromatic carbocycles. The number of rotatable bonds is 15. The fourth-order valence-corrected chi connectivity index (χ4v) is 4.63. The molecule has 0 aliphatic heterocycles. The summed E-state index contributed by atoms with van der Waals surface area (Å²) in [6, 6.07) is 15.9. The maximum absolute atomic E-state index is 11.9. The fourth-order valence-electron chi connectivity index (χ4n) is 3.66. The number of hydrogen-bond acceptors (Lipinski definition) is 5. The summed E-state index contributed by atoms with van der Waals surface area (Å²) < 4.78 is 28.8. The quantitative estimate of drug-likeness (QED) is 0.153. The second-order valence-corrected chi connectivity index (χ2v) is 10.2. The lowest BCUT2D eigenvalue weighted by Crippen LogP contribution is -2.20. The van der Waals surface area contributed by atoms with Gasteiger partial charge in [0.05, 0.1) is 29.1 Å². The molecule has 1 aromatic heterocycles. The van der Waals surface area contributed by atoms with Crippen LogP contribution in [-0.2, 0) is 20.8 Å². The molecule has 3 rings (SSSR count). The molecule has 0 unspecified atom stereocenters. The van der Waals surface area contributed by atoms with Crippen LogP contribution in [0, 0.1) is 0 Å². The molecule has 0 aliphatic carbocycles. The fraction of sp³-hybridized carbons (Fsp3) is 0.481. The maximum atomic E-state index is 11.9. The van der Waals surface area contributed by atoms with Crippen molar-refractivity contribution in [3.05, 3.63) is 60.4 Å². The lowest BCUT2D eigenvalue weighted by molar-refractivity contribution is 0.193. The molecule has 36 heavy (non-hydrogen) atoms. The normalized spacial score (nSPS) is 11.1. The van der Waals surface area contributed by atoms with E-state index in [2.05, 4.69) is 22.2 Å². The Morgan fingerprint density at radius 3 is 2.08 bits per heavy atom. The lowest BCUT2D eigenvalue weighted by Gasteiger charge is -2.05. The van der Waals surface area contributed by atoms with E-state index >= 15 is 0 Å². The first-order valence-corrected chi connectivity index (χ1v) is 14.2. The number of hydrogen-bond donors (Lipinski definition) is 3. The van der Waals surface area contributed by atoms with E-state index in [9.17, 15) is 13.2 Å². The molecule has 0 aliphatic rings. The second kappa shape index (κ2) is 16.7. The van der Waals surface area contributed by atoms with Crippen molar-refractivity contribution in [3.8, 4) is 0 Å². The van der Waals surface area contributed by atoms with Gasteiger partial charge in [-0.05, 0) is 30.7 Å². The SMILES string of the molecule is CCCCCCCCCCCCOS(=O)(=O)c1ccccc1.O=C(O)NCc1nc2ccccc2[nH]1. The van der Waals surface area contributed by atoms with Gasteiger partial charge in [0.15, 0.2) is 0 Å². The summed E-state index contributed by atoms with van der Waals surface area (Å²) >= 11 is 0. The third kappa shape index (κ3) is 11.7. The molecular weight excluding hydrogens is 478 g/mol. The van der Waals surface area contributed by atoms with E-state index in [0.29, 0.717) is 5.82 Å². The summed E-state index contributed by atoms with van der Waals surface area (Å²) in [6.07, 6.45) is 11.2. The van der Waals surface area contributed by atoms with Gasteiger partial charge in [0.25, 0.3) is 10.1 Å². The highest BCUT2D eigenvalue weighted by Crippen LogP contribution is 2.14. The minimum Gasteiger partial charge on any atom is -0.465 e. The second-order valence-electron chi connectivity index (χ2n) is 8.63. The van der Waals surface area contributed by atoms with Gasteiger partial charge in [-0.2, -0.15) is 8.42 Å². The third-order valence-electron chi connectivity index (χ3n) is 5.61. The zero-order chi connectivity index (χ0) is 26.1. The Hall–Kier alpha value is -2.91. The topological polar surface area (TPSA) is 121 Å². The summed E-state index contributed by atoms with van der Waals surface area (Å²) in [6.45, 7) is 2.72. The van der Waals surface area contributed by atoms with Gasteiger partial charge in [0.2, 0.25) is 0 Å². The first-order valence-electron chi connectivity index (χ1n) is 12.8. The molecule has 0 radical (unpaired) electrons. The molecule has 0 spiro atoms. The van der Waals surface area contributed by atoms with Crippen LogP contribution in [0.1, 0.15) is 77.0 Å². The van der Waals surface area contributed by atoms with E-state index in [1.807, 2.05) is 24.3 Å². The van der Waals surface area contributed by atoms with Crippen molar-refractivity contribution in [3.63, 3.8) is 0 Å². The minimum absolute atomic E-state index is 0.198. The van der Waals surface area contributed by atoms with Crippen molar-refractivity contribution in [2.45, 2.75) is 82.6 Å². The summed E-state index contributed by atoms with van der Waals surface area (Å²) in [7, 11) is -3.57. The Kier molecular flexibility index (Phi) is 13.6. The number of nitrogens with zero attached hydrogens (tertiary/aromatic N) is 1. The molecule has 0 bridgehead atoms. The molecule has 0 fully saturated rings. The summed E-state index contributed by atoms with van der Waals surface area (Å²) in [5.74, 6) is 0.619. The molecule has 8 nitrogen and oxygen atoms in total. The smallest absolute Gasteiger partial charge is 0.405 e. The Bertz CT molecular complexity index is 1080. The van der Waals surface area contributed by atoms with Gasteiger partial charge >= 0.3 is 6.09 Å². The number of nitrogens with one attached hydrogen (secondary N) is 2. The van der Waals surface area contributed by atoms with Crippen LogP contribution >= 0.6 is 0 Å². The van der Waals surface area contributed by atoms with Crippen LogP contribution in [0.5, 0.6) is 0 Å². The predicted molar refractivity (Wildman–Crippen MR) is 142 cm³/mol. The minimum atomic E-state index is -3.57. The Morgan fingerprint density at radius 2 is 1.47 bits per heavy atom. The molecule has 1 amide bonds. The lowest BCUT2D eigenvalue weighted by atomic mass is 10.1. The number of aromatic amines is 1. The average Bonchev–Trinajstić information content (AvgIpc) is 3.30. The first-order chi connectivity index (χ1) is 17.4. The first kappa shape index (κ1) is 29.3. The van der Waals surface area contributed by atoms with E-state index in [1.165, 1.54) is 51.4 Å². The van der Waals surface area contributed by atoms with Crippen LogP contribution in [0.15, 0.2) is 59.5 Å². The molecule has 9 heteroatoms. The van der Waals surface area contributed by atoms with Gasteiger partial charge in [-0.1, -0.05) is 95.0 Å². The van der Waals surface area contributed by atoms with E-state index < -0.39 is 16.2 Å². The van der Waals surface area contributed by atoms with Crippen molar-refractivity contribution in [2.75, 3.05) is 6.61 Å². The van der Waals surface area contributed by atoms with Crippen LogP contribution in [0.2, 0.25) is 0 Å². The predicted octanol–water partition coefficient (Wildman–Crippen LogP) is 6.64. The van der Waals surface area contributed by atoms with Crippen molar-refractivity contribution in [2.24, 2.45) is 0 Å². The number of benzene rings is 2. The molecule has 0 atom stereocenters. The van der Waals surface area contributed by atoms with Crippen molar-refractivity contribution < 1.29 is 22.5 Å². The van der Waals surface area contributed by atoms with E-state index in [1.54, 1.807) is 30.3 Å². The highest BCUT2D eigenvalue weighted by atomic mass is 32.2. The number of para-hydroxylation sites is 2. The zero-order valence-electron chi connectivity index (χ0n) is 21.1. The molecule has 198 valence electrons. The third-order valence-corrected chi connectivity index (χ3v) is 6.94. The maximum Gasteiger partial charge on any atom is 0.405 e. The Labute approximate surface area is 214 Å². The number of unbranched alkanes of at least 4 members (excludes halogenated alkanes) is 9. The summed E-state index contributed by atoms with van der Waals surface area (Å²) in [5, 5.41) is 10.6. The monoisotopic (exact) mass is 517 g/mol. The van der Waals surface area contributed by atoms with Crippen LogP contribution in [0.4, 0.5) is 4.79 Å². The van der Waals surface area contributed by atoms with Crippen LogP contribution in [-0.4, -0.2) is 36.2 Å². The highest BCUT2D eigenvalue weighted by Gasteiger charge is 2.13. The molecule has 3 N–H and O–H groups in total. The number of carbonyl (C=O) groups is 1. The zero-order valence-corrected chi connectivity index (χ0v) is 21.9. The summed E-state index contributed by atoms with van der Waals surface area (Å²) in [5.41, 5.74) is 1.75. The van der Waals surface area contributed by atoms with Crippen molar-refractivity contribution in [1.29, 1.82) is 0 Å². The van der Waals surface area contributed by atoms with Gasteiger partial charge in [-0.3, -0.25) is 4.18 Å². The molecule has 0 saturated heterocycles. The van der Waals surface area contributed by atoms with Gasteiger partial charge < -0.3 is 15.4 Å². The summed E-state index contributed by atoms with van der Waals surface area (Å²) in [4.78, 5) is 17.7. The van der Waals surface area contributed by atoms with Gasteiger partial charge in [0, 0.05) is 0 Å². The van der Waals surface area contributed by atoms with Crippen LogP contribution < -0.4 is 5.32 Å². The number of H-pyrrole nitrogens is 1. The Morgan fingerprint density at radius 1 is 0.889 bits per heavy atom.